The summed E-state index contributed by atoms with van der Waals surface area (Å²) in [5, 5.41) is 1.42. The van der Waals surface area contributed by atoms with Crippen LogP contribution in [0.4, 0.5) is 11.5 Å². The molecule has 1 aromatic carbocycles. The number of para-hydroxylation sites is 1. The molecule has 0 spiro atoms. The lowest BCUT2D eigenvalue weighted by Crippen LogP contribution is -2.44. The minimum atomic E-state index is -4.18. The number of rotatable bonds is 9. The molecule has 13 heteroatoms. The van der Waals surface area contributed by atoms with Gasteiger partial charge in [0.15, 0.2) is 17.5 Å². The third-order valence-corrected chi connectivity index (χ3v) is 6.60. The maximum absolute atomic E-state index is 12.9. The highest BCUT2D eigenvalue weighted by Gasteiger charge is 2.34. The first-order valence-corrected chi connectivity index (χ1v) is 13.5. The molecule has 1 aliphatic rings. The van der Waals surface area contributed by atoms with Gasteiger partial charge in [-0.2, -0.15) is 0 Å². The Kier molecular flexibility index (Phi) is 7.65. The van der Waals surface area contributed by atoms with Crippen molar-refractivity contribution in [2.75, 3.05) is 17.4 Å². The van der Waals surface area contributed by atoms with Gasteiger partial charge >= 0.3 is 13.7 Å². The van der Waals surface area contributed by atoms with Gasteiger partial charge in [-0.05, 0) is 46.2 Å². The Morgan fingerprint density at radius 3 is 2.65 bits per heavy atom. The first-order chi connectivity index (χ1) is 17.4. The highest BCUT2D eigenvalue weighted by Crippen LogP contribution is 2.42. The van der Waals surface area contributed by atoms with E-state index in [1.165, 1.54) is 11.4 Å². The number of carbonyl (C=O) groups is 1. The number of nitrogen functional groups attached to an aromatic ring is 1. The molecule has 0 radical (unpaired) electrons. The molecule has 4 atom stereocenters. The summed E-state index contributed by atoms with van der Waals surface area (Å²) in [5.41, 5.74) is 12.8. The van der Waals surface area contributed by atoms with Gasteiger partial charge in [-0.3, -0.25) is 9.36 Å². The van der Waals surface area contributed by atoms with Gasteiger partial charge in [0, 0.05) is 5.92 Å². The zero-order valence-corrected chi connectivity index (χ0v) is 22.1. The summed E-state index contributed by atoms with van der Waals surface area (Å²) in [7, 11) is -4.18. The standard InChI is InChI=1S/C24H32N7O5P/c1-16(31(36-24(2,3)4)18-8-6-5-7-9-18)23(32)35-37(26,33)34-13-17-10-11-19(12-17)30-15-29-20-21(25)27-14-28-22(20)30/h5-11,14-17,19H,12-13H2,1-4H3,(H2,26,33)(H2,25,27,28)/t16-,17-,19+,37?/m0/s1. The van der Waals surface area contributed by atoms with Crippen molar-refractivity contribution in [1.82, 2.24) is 19.5 Å². The molecular formula is C24H32N7O5P. The topological polar surface area (TPSA) is 161 Å². The number of allylic oxidation sites excluding steroid dienone is 1. The quantitative estimate of drug-likeness (QED) is 0.236. The predicted octanol–water partition coefficient (Wildman–Crippen LogP) is 3.78. The molecule has 198 valence electrons. The molecule has 0 bridgehead atoms. The van der Waals surface area contributed by atoms with Crippen LogP contribution in [-0.4, -0.2) is 43.7 Å². The minimum absolute atomic E-state index is 0.00703. The molecule has 0 aliphatic heterocycles. The number of carbonyl (C=O) groups excluding carboxylic acids is 1. The molecule has 12 nitrogen and oxygen atoms in total. The van der Waals surface area contributed by atoms with Crippen molar-refractivity contribution in [2.45, 2.75) is 51.8 Å². The van der Waals surface area contributed by atoms with Gasteiger partial charge in [-0.1, -0.05) is 30.4 Å². The Morgan fingerprint density at radius 1 is 1.22 bits per heavy atom. The van der Waals surface area contributed by atoms with Crippen molar-refractivity contribution in [3.05, 3.63) is 55.1 Å². The smallest absolute Gasteiger partial charge is 0.382 e. The van der Waals surface area contributed by atoms with E-state index in [4.69, 9.17) is 25.1 Å². The van der Waals surface area contributed by atoms with Gasteiger partial charge in [0.25, 0.3) is 0 Å². The van der Waals surface area contributed by atoms with Crippen LogP contribution in [0.15, 0.2) is 55.1 Å². The van der Waals surface area contributed by atoms with Crippen LogP contribution < -0.4 is 16.3 Å². The maximum Gasteiger partial charge on any atom is 0.458 e. The third-order valence-electron chi connectivity index (χ3n) is 5.66. The molecule has 1 aliphatic carbocycles. The van der Waals surface area contributed by atoms with Gasteiger partial charge in [-0.15, -0.1) is 0 Å². The Morgan fingerprint density at radius 2 is 1.95 bits per heavy atom. The molecule has 4 rings (SSSR count). The minimum Gasteiger partial charge on any atom is -0.382 e. The van der Waals surface area contributed by atoms with Crippen molar-refractivity contribution in [3.63, 3.8) is 0 Å². The molecular weight excluding hydrogens is 497 g/mol. The van der Waals surface area contributed by atoms with Gasteiger partial charge in [0.05, 0.1) is 30.3 Å². The van der Waals surface area contributed by atoms with Crippen molar-refractivity contribution in [3.8, 4) is 0 Å². The van der Waals surface area contributed by atoms with E-state index in [0.29, 0.717) is 29.1 Å². The number of aromatic nitrogens is 4. The van der Waals surface area contributed by atoms with E-state index in [-0.39, 0.29) is 18.6 Å². The molecule has 0 fully saturated rings. The number of fused-ring (bicyclic) bond motifs is 1. The second-order valence-electron chi connectivity index (χ2n) is 9.82. The summed E-state index contributed by atoms with van der Waals surface area (Å²) in [5.74, 6) is -0.634. The fourth-order valence-corrected chi connectivity index (χ4v) is 4.80. The molecule has 3 aromatic rings. The summed E-state index contributed by atoms with van der Waals surface area (Å²) < 4.78 is 25.3. The predicted molar refractivity (Wildman–Crippen MR) is 139 cm³/mol. The summed E-state index contributed by atoms with van der Waals surface area (Å²) >= 11 is 0. The van der Waals surface area contributed by atoms with Crippen LogP contribution in [0.3, 0.4) is 0 Å². The van der Waals surface area contributed by atoms with E-state index in [1.54, 1.807) is 25.4 Å². The Bertz CT molecular complexity index is 1320. The third kappa shape index (κ3) is 6.53. The molecule has 37 heavy (non-hydrogen) atoms. The van der Waals surface area contributed by atoms with E-state index in [2.05, 4.69) is 15.0 Å². The van der Waals surface area contributed by atoms with Crippen molar-refractivity contribution >= 4 is 36.4 Å². The number of nitrogens with zero attached hydrogens (tertiary/aromatic N) is 5. The number of hydrogen-bond donors (Lipinski definition) is 2. The number of hydrogen-bond acceptors (Lipinski definition) is 10. The van der Waals surface area contributed by atoms with Crippen LogP contribution >= 0.6 is 7.75 Å². The number of benzene rings is 1. The van der Waals surface area contributed by atoms with Gasteiger partial charge in [0.2, 0.25) is 0 Å². The number of hydroxylamine groups is 1. The van der Waals surface area contributed by atoms with Gasteiger partial charge < -0.3 is 14.8 Å². The second-order valence-corrected chi connectivity index (χ2v) is 11.3. The molecule has 1 unspecified atom stereocenters. The number of imidazole rings is 1. The lowest BCUT2D eigenvalue weighted by atomic mass is 10.1. The molecule has 0 saturated heterocycles. The van der Waals surface area contributed by atoms with Gasteiger partial charge in [0.1, 0.15) is 11.8 Å². The Labute approximate surface area is 215 Å². The molecule has 0 amide bonds. The lowest BCUT2D eigenvalue weighted by Gasteiger charge is -2.34. The summed E-state index contributed by atoms with van der Waals surface area (Å²) in [6.45, 7) is 7.16. The monoisotopic (exact) mass is 529 g/mol. The zero-order chi connectivity index (χ0) is 26.8. The van der Waals surface area contributed by atoms with E-state index < -0.39 is 25.4 Å². The summed E-state index contributed by atoms with van der Waals surface area (Å²) in [4.78, 5) is 31.4. The van der Waals surface area contributed by atoms with E-state index in [0.717, 1.165) is 0 Å². The van der Waals surface area contributed by atoms with E-state index in [1.807, 2.05) is 55.7 Å². The molecule has 2 heterocycles. The first-order valence-electron chi connectivity index (χ1n) is 11.8. The van der Waals surface area contributed by atoms with E-state index >= 15 is 0 Å². The first kappa shape index (κ1) is 26.7. The number of nitrogens with two attached hydrogens (primary N) is 2. The Hall–Kier alpha value is -3.31. The van der Waals surface area contributed by atoms with Crippen LogP contribution in [0.25, 0.3) is 11.2 Å². The zero-order valence-electron chi connectivity index (χ0n) is 21.2. The average Bonchev–Trinajstić information content (AvgIpc) is 3.48. The molecule has 2 aromatic heterocycles. The maximum atomic E-state index is 12.9. The highest BCUT2D eigenvalue weighted by atomic mass is 31.2. The van der Waals surface area contributed by atoms with Crippen molar-refractivity contribution in [2.24, 2.45) is 11.4 Å². The fraction of sp³-hybridized carbons (Fsp3) is 0.417. The van der Waals surface area contributed by atoms with Crippen molar-refractivity contribution in [1.29, 1.82) is 0 Å². The van der Waals surface area contributed by atoms with Crippen LogP contribution in [0.1, 0.15) is 40.2 Å². The average molecular weight is 530 g/mol. The van der Waals surface area contributed by atoms with E-state index in [9.17, 15) is 9.36 Å². The van der Waals surface area contributed by atoms with Crippen LogP contribution in [0, 0.1) is 5.92 Å². The summed E-state index contributed by atoms with van der Waals surface area (Å²) in [6.07, 6.45) is 7.58. The highest BCUT2D eigenvalue weighted by molar-refractivity contribution is 7.51. The number of anilines is 2. The van der Waals surface area contributed by atoms with Crippen LogP contribution in [-0.2, 0) is 23.2 Å². The fourth-order valence-electron chi connectivity index (χ4n) is 3.94. The van der Waals surface area contributed by atoms with Gasteiger partial charge in [-0.25, -0.2) is 34.9 Å². The van der Waals surface area contributed by atoms with Crippen LogP contribution in [0.2, 0.25) is 0 Å². The molecule has 0 saturated carbocycles. The SMILES string of the molecule is C[C@@H](C(=O)OP(N)(=O)OC[C@H]1C=C[C@@H](n2cnc3c(N)ncnc32)C1)N(OC(C)(C)C)c1ccccc1. The van der Waals surface area contributed by atoms with Crippen molar-refractivity contribution < 1.29 is 23.2 Å². The Balaban J connectivity index is 1.35. The second kappa shape index (κ2) is 10.6. The lowest BCUT2D eigenvalue weighted by molar-refractivity contribution is -0.140. The molecule has 4 N–H and O–H groups in total. The normalized spacial score (nSPS) is 20.0. The summed E-state index contributed by atoms with van der Waals surface area (Å²) in [6, 6.07) is 8.08. The largest absolute Gasteiger partial charge is 0.458 e. The van der Waals surface area contributed by atoms with Crippen LogP contribution in [0.5, 0.6) is 0 Å².